The summed E-state index contributed by atoms with van der Waals surface area (Å²) in [7, 11) is 0. The lowest BCUT2D eigenvalue weighted by Crippen LogP contribution is -2.26. The molecule has 13 aromatic rings. The second-order valence-corrected chi connectivity index (χ2v) is 19.7. The molecule has 0 bridgehead atoms. The number of para-hydroxylation sites is 4. The molecular formula is C72H46N10. The first-order valence-electron chi connectivity index (χ1n) is 26.9. The van der Waals surface area contributed by atoms with Gasteiger partial charge in [0.1, 0.15) is 0 Å². The molecule has 0 N–H and O–H groups in total. The third-order valence-corrected chi connectivity index (χ3v) is 14.5. The highest BCUT2D eigenvalue weighted by Crippen LogP contribution is 2.57. The van der Waals surface area contributed by atoms with E-state index in [0.717, 1.165) is 101 Å². The largest absolute Gasteiger partial charge is 0.305 e. The summed E-state index contributed by atoms with van der Waals surface area (Å²) < 4.78 is 0. The highest BCUT2D eigenvalue weighted by Gasteiger charge is 2.36. The van der Waals surface area contributed by atoms with E-state index in [1.54, 1.807) is 0 Å². The molecule has 14 rings (SSSR count). The molecule has 0 saturated heterocycles. The molecule has 82 heavy (non-hydrogen) atoms. The van der Waals surface area contributed by atoms with Gasteiger partial charge in [-0.15, -0.1) is 0 Å². The first-order chi connectivity index (χ1) is 40.6. The van der Waals surface area contributed by atoms with Gasteiger partial charge in [-0.1, -0.05) is 218 Å². The topological polar surface area (TPSA) is 120 Å². The van der Waals surface area contributed by atoms with E-state index in [0.29, 0.717) is 40.4 Å². The van der Waals surface area contributed by atoms with Crippen LogP contribution in [0.1, 0.15) is 5.56 Å². The van der Waals surface area contributed by atoms with E-state index in [4.69, 9.17) is 34.9 Å². The number of fused-ring (bicyclic) bond motifs is 2. The fourth-order valence-corrected chi connectivity index (χ4v) is 10.6. The molecule has 0 amide bonds. The van der Waals surface area contributed by atoms with Gasteiger partial charge in [0, 0.05) is 50.1 Å². The molecule has 1 aliphatic rings. The normalized spacial score (nSPS) is 11.6. The van der Waals surface area contributed by atoms with Crippen molar-refractivity contribution in [3.8, 4) is 108 Å². The van der Waals surface area contributed by atoms with Crippen LogP contribution in [-0.4, -0.2) is 34.9 Å². The van der Waals surface area contributed by atoms with Crippen molar-refractivity contribution in [2.75, 3.05) is 9.80 Å². The standard InChI is InChI=1S/C72H46N10/c73-47-48-39-41-49(42-40-48)57-43-56(70-74-59(50-23-7-1-8-24-50)45-60(75-70)51-25-9-2-10-26-51)44-58(71-76-61(52-27-11-3-12-28-52)46-62(77-71)53-29-13-4-14-30-53)67(57)81-63-35-19-21-37-65(63)82(66-38-22-20-36-64(66)81)72-79-68(54-31-15-5-16-32-54)78-69(80-72)55-33-17-6-18-34-55/h1-46H. The Morgan fingerprint density at radius 3 is 0.976 bits per heavy atom. The Bertz CT molecular complexity index is 4280. The summed E-state index contributed by atoms with van der Waals surface area (Å²) >= 11 is 0. The van der Waals surface area contributed by atoms with Crippen LogP contribution in [0, 0.1) is 11.3 Å². The lowest BCUT2D eigenvalue weighted by atomic mass is 9.92. The summed E-state index contributed by atoms with van der Waals surface area (Å²) in [5, 5.41) is 10.2. The molecule has 1 aliphatic heterocycles. The molecule has 10 heteroatoms. The zero-order chi connectivity index (χ0) is 54.8. The van der Waals surface area contributed by atoms with Gasteiger partial charge in [-0.2, -0.15) is 15.2 Å². The van der Waals surface area contributed by atoms with Gasteiger partial charge in [0.25, 0.3) is 0 Å². The van der Waals surface area contributed by atoms with Crippen molar-refractivity contribution in [2.24, 2.45) is 0 Å². The third-order valence-electron chi connectivity index (χ3n) is 14.5. The van der Waals surface area contributed by atoms with Crippen LogP contribution in [0.2, 0.25) is 0 Å². The fourth-order valence-electron chi connectivity index (χ4n) is 10.6. The molecule has 0 aliphatic carbocycles. The molecule has 4 heterocycles. The first kappa shape index (κ1) is 48.8. The Morgan fingerprint density at radius 1 is 0.256 bits per heavy atom. The van der Waals surface area contributed by atoms with Crippen molar-refractivity contribution < 1.29 is 0 Å². The lowest BCUT2D eigenvalue weighted by Gasteiger charge is -2.40. The minimum atomic E-state index is 0.450. The molecule has 0 radical (unpaired) electrons. The van der Waals surface area contributed by atoms with Crippen LogP contribution in [-0.2, 0) is 0 Å². The minimum absolute atomic E-state index is 0.450. The predicted molar refractivity (Wildman–Crippen MR) is 328 cm³/mol. The Morgan fingerprint density at radius 2 is 0.585 bits per heavy atom. The number of benzene rings is 10. The monoisotopic (exact) mass is 1050 g/mol. The van der Waals surface area contributed by atoms with Crippen LogP contribution < -0.4 is 9.80 Å². The number of nitriles is 1. The number of hydrogen-bond donors (Lipinski definition) is 0. The Kier molecular flexibility index (Phi) is 12.7. The van der Waals surface area contributed by atoms with E-state index in [1.165, 1.54) is 0 Å². The maximum atomic E-state index is 10.2. The van der Waals surface area contributed by atoms with E-state index < -0.39 is 0 Å². The van der Waals surface area contributed by atoms with Crippen molar-refractivity contribution >= 4 is 34.4 Å². The smallest absolute Gasteiger partial charge is 0.238 e. The molecule has 0 spiro atoms. The fraction of sp³-hybridized carbons (Fsp3) is 0. The van der Waals surface area contributed by atoms with Gasteiger partial charge in [0.15, 0.2) is 23.3 Å². The highest BCUT2D eigenvalue weighted by molar-refractivity contribution is 6.07. The van der Waals surface area contributed by atoms with Crippen molar-refractivity contribution in [3.63, 3.8) is 0 Å². The van der Waals surface area contributed by atoms with E-state index in [9.17, 15) is 5.26 Å². The Hall–Kier alpha value is -11.5. The van der Waals surface area contributed by atoms with Gasteiger partial charge >= 0.3 is 0 Å². The first-order valence-corrected chi connectivity index (χ1v) is 26.9. The van der Waals surface area contributed by atoms with Gasteiger partial charge in [-0.05, 0) is 66.2 Å². The summed E-state index contributed by atoms with van der Waals surface area (Å²) in [6.45, 7) is 0. The van der Waals surface area contributed by atoms with Crippen molar-refractivity contribution in [3.05, 3.63) is 285 Å². The highest BCUT2D eigenvalue weighted by atomic mass is 15.3. The van der Waals surface area contributed by atoms with Crippen molar-refractivity contribution in [2.45, 2.75) is 0 Å². The average molecular weight is 1050 g/mol. The van der Waals surface area contributed by atoms with Crippen LogP contribution in [0.3, 0.4) is 0 Å². The number of rotatable bonds is 11. The number of anilines is 6. The summed E-state index contributed by atoms with van der Waals surface area (Å²) in [5.41, 5.74) is 16.3. The number of hydrogen-bond acceptors (Lipinski definition) is 10. The van der Waals surface area contributed by atoms with Crippen molar-refractivity contribution in [1.82, 2.24) is 34.9 Å². The third kappa shape index (κ3) is 9.36. The maximum absolute atomic E-state index is 10.2. The van der Waals surface area contributed by atoms with Gasteiger partial charge in [0.2, 0.25) is 5.95 Å². The number of nitrogens with zero attached hydrogens (tertiary/aromatic N) is 10. The van der Waals surface area contributed by atoms with Gasteiger partial charge in [0.05, 0.1) is 62.8 Å². The molecule has 10 nitrogen and oxygen atoms in total. The van der Waals surface area contributed by atoms with Crippen LogP contribution >= 0.6 is 0 Å². The zero-order valence-corrected chi connectivity index (χ0v) is 44.0. The molecule has 384 valence electrons. The van der Waals surface area contributed by atoms with Crippen LogP contribution in [0.4, 0.5) is 34.4 Å². The van der Waals surface area contributed by atoms with E-state index in [1.807, 2.05) is 170 Å². The molecule has 3 aromatic heterocycles. The molecule has 0 atom stereocenters. The van der Waals surface area contributed by atoms with Crippen LogP contribution in [0.25, 0.3) is 102 Å². The Balaban J connectivity index is 1.08. The van der Waals surface area contributed by atoms with Crippen molar-refractivity contribution in [1.29, 1.82) is 5.26 Å². The van der Waals surface area contributed by atoms with Gasteiger partial charge < -0.3 is 4.90 Å². The molecule has 0 fully saturated rings. The Labute approximate surface area is 474 Å². The second kappa shape index (κ2) is 21.4. The lowest BCUT2D eigenvalue weighted by molar-refractivity contribution is 1.01. The van der Waals surface area contributed by atoms with Gasteiger partial charge in [-0.25, -0.2) is 24.9 Å². The SMILES string of the molecule is N#Cc1ccc(-c2cc(-c3nc(-c4ccccc4)cc(-c4ccccc4)n3)cc(-c3nc(-c4ccccc4)cc(-c4ccccc4)n3)c2N2c3ccccc3N(c3nc(-c4ccccc4)nc(-c4ccccc4)n3)c3ccccc32)cc1. The predicted octanol–water partition coefficient (Wildman–Crippen LogP) is 17.6. The van der Waals surface area contributed by atoms with Crippen LogP contribution in [0.5, 0.6) is 0 Å². The van der Waals surface area contributed by atoms with Gasteiger partial charge in [-0.3, -0.25) is 4.90 Å². The molecule has 0 unspecified atom stereocenters. The average Bonchev–Trinajstić information content (AvgIpc) is 3.64. The minimum Gasteiger partial charge on any atom is -0.305 e. The van der Waals surface area contributed by atoms with E-state index >= 15 is 0 Å². The number of aromatic nitrogens is 7. The van der Waals surface area contributed by atoms with Crippen LogP contribution in [0.15, 0.2) is 279 Å². The zero-order valence-electron chi connectivity index (χ0n) is 44.0. The quantitative estimate of drug-likeness (QED) is 0.124. The molecule has 0 saturated carbocycles. The van der Waals surface area contributed by atoms with E-state index in [-0.39, 0.29) is 0 Å². The second-order valence-electron chi connectivity index (χ2n) is 19.7. The molecular weight excluding hydrogens is 1000 g/mol. The summed E-state index contributed by atoms with van der Waals surface area (Å²) in [5.74, 6) is 2.52. The molecule has 10 aromatic carbocycles. The van der Waals surface area contributed by atoms with E-state index in [2.05, 4.69) is 125 Å². The summed E-state index contributed by atoms with van der Waals surface area (Å²) in [6.07, 6.45) is 0. The summed E-state index contributed by atoms with van der Waals surface area (Å²) in [4.78, 5) is 42.1. The summed E-state index contributed by atoms with van der Waals surface area (Å²) in [6, 6.07) is 96.1. The maximum Gasteiger partial charge on any atom is 0.238 e.